The molecule has 0 radical (unpaired) electrons. The lowest BCUT2D eigenvalue weighted by molar-refractivity contribution is -0.134. The van der Waals surface area contributed by atoms with Crippen LogP contribution in [0, 0.1) is 0 Å². The Kier molecular flexibility index (Phi) is 10.8. The highest BCUT2D eigenvalue weighted by atomic mass is 32.1. The van der Waals surface area contributed by atoms with E-state index in [0.717, 1.165) is 76.6 Å². The molecule has 2 N–H and O–H groups in total. The van der Waals surface area contributed by atoms with Crippen LogP contribution in [0.15, 0.2) is 42.1 Å². The first-order chi connectivity index (χ1) is 17.4. The number of aryl methyl sites for hydroxylation is 1. The average Bonchev–Trinajstić information content (AvgIpc) is 3.30. The van der Waals surface area contributed by atoms with E-state index in [2.05, 4.69) is 30.0 Å². The minimum atomic E-state index is -1.26. The SMILES string of the molecule is O=C(O)C=CC(=O)O.O=C1c2ccsc2CCCN1CCCCCN1CCN(c2ncccn2)CC1. The molecule has 2 aliphatic heterocycles. The van der Waals surface area contributed by atoms with Crippen LogP contribution in [0.25, 0.3) is 0 Å². The first-order valence-corrected chi connectivity index (χ1v) is 13.1. The molecule has 1 saturated heterocycles. The monoisotopic (exact) mass is 515 g/mol. The number of amides is 1. The summed E-state index contributed by atoms with van der Waals surface area (Å²) in [5.41, 5.74) is 0.947. The van der Waals surface area contributed by atoms with Crippen molar-refractivity contribution in [2.75, 3.05) is 50.7 Å². The van der Waals surface area contributed by atoms with Crippen molar-refractivity contribution >= 4 is 35.1 Å². The maximum Gasteiger partial charge on any atom is 0.328 e. The molecule has 10 nitrogen and oxygen atoms in total. The van der Waals surface area contributed by atoms with Crippen molar-refractivity contribution < 1.29 is 24.6 Å². The minimum absolute atomic E-state index is 0.244. The van der Waals surface area contributed by atoms with E-state index in [9.17, 15) is 14.4 Å². The van der Waals surface area contributed by atoms with Crippen LogP contribution in [0.4, 0.5) is 5.95 Å². The van der Waals surface area contributed by atoms with Gasteiger partial charge in [0.15, 0.2) is 0 Å². The second-order valence-corrected chi connectivity index (χ2v) is 9.60. The zero-order valence-electron chi connectivity index (χ0n) is 20.3. The van der Waals surface area contributed by atoms with Gasteiger partial charge < -0.3 is 20.0 Å². The van der Waals surface area contributed by atoms with Crippen molar-refractivity contribution in [2.45, 2.75) is 32.1 Å². The van der Waals surface area contributed by atoms with Crippen LogP contribution < -0.4 is 4.90 Å². The standard InChI is InChI=1S/C21H29N5OS.C4H4O4/c27-20-18-7-17-28-19(18)6-4-12-25(20)11-3-1-2-10-24-13-15-26(16-14-24)21-22-8-5-9-23-21;5-3(6)1-2-4(7)8/h5,7-9,17H,1-4,6,10-16H2;1-2H,(H,5,6)(H,7,8). The van der Waals surface area contributed by atoms with E-state index in [1.54, 1.807) is 11.3 Å². The second kappa shape index (κ2) is 14.3. The van der Waals surface area contributed by atoms with Crippen molar-refractivity contribution in [2.24, 2.45) is 0 Å². The predicted molar refractivity (Wildman–Crippen MR) is 137 cm³/mol. The number of thiophene rings is 1. The van der Waals surface area contributed by atoms with Gasteiger partial charge in [-0.1, -0.05) is 6.42 Å². The van der Waals surface area contributed by atoms with Gasteiger partial charge in [-0.25, -0.2) is 19.6 Å². The molecular formula is C25H33N5O5S. The first-order valence-electron chi connectivity index (χ1n) is 12.2. The van der Waals surface area contributed by atoms with Crippen LogP contribution in [-0.2, 0) is 16.0 Å². The van der Waals surface area contributed by atoms with E-state index >= 15 is 0 Å². The summed E-state index contributed by atoms with van der Waals surface area (Å²) in [6.45, 7) is 7.08. The zero-order valence-corrected chi connectivity index (χ0v) is 21.1. The van der Waals surface area contributed by atoms with E-state index in [0.29, 0.717) is 12.2 Å². The van der Waals surface area contributed by atoms with Gasteiger partial charge in [0.25, 0.3) is 5.91 Å². The third-order valence-corrected chi connectivity index (χ3v) is 7.05. The fourth-order valence-electron chi connectivity index (χ4n) is 4.22. The molecule has 4 rings (SSSR count). The molecule has 0 aliphatic carbocycles. The third kappa shape index (κ3) is 8.72. The highest BCUT2D eigenvalue weighted by Gasteiger charge is 2.23. The van der Waals surface area contributed by atoms with Gasteiger partial charge >= 0.3 is 11.9 Å². The molecule has 0 bridgehead atoms. The van der Waals surface area contributed by atoms with E-state index in [1.165, 1.54) is 17.7 Å². The van der Waals surface area contributed by atoms with E-state index in [4.69, 9.17) is 10.2 Å². The summed E-state index contributed by atoms with van der Waals surface area (Å²) in [4.78, 5) is 48.6. The third-order valence-electron chi connectivity index (χ3n) is 6.07. The number of aromatic nitrogens is 2. The Morgan fingerprint density at radius 3 is 2.28 bits per heavy atom. The molecule has 1 fully saturated rings. The Hall–Kier alpha value is -3.31. The van der Waals surface area contributed by atoms with Crippen LogP contribution in [-0.4, -0.2) is 93.6 Å². The highest BCUT2D eigenvalue weighted by molar-refractivity contribution is 7.10. The van der Waals surface area contributed by atoms with E-state index < -0.39 is 11.9 Å². The van der Waals surface area contributed by atoms with Crippen molar-refractivity contribution in [3.05, 3.63) is 52.5 Å². The molecule has 194 valence electrons. The van der Waals surface area contributed by atoms with Crippen molar-refractivity contribution in [3.63, 3.8) is 0 Å². The summed E-state index contributed by atoms with van der Waals surface area (Å²) >= 11 is 1.73. The minimum Gasteiger partial charge on any atom is -0.478 e. The van der Waals surface area contributed by atoms with Gasteiger partial charge in [-0.2, -0.15) is 0 Å². The van der Waals surface area contributed by atoms with Gasteiger partial charge in [-0.05, 0) is 49.7 Å². The fourth-order valence-corrected chi connectivity index (χ4v) is 5.14. The summed E-state index contributed by atoms with van der Waals surface area (Å²) in [6.07, 6.45) is 10.4. The molecule has 0 saturated carbocycles. The number of hydrogen-bond donors (Lipinski definition) is 2. The molecule has 1 amide bonds. The molecule has 4 heterocycles. The Labute approximate surface area is 214 Å². The molecule has 2 aliphatic rings. The Balaban J connectivity index is 0.000000392. The number of carbonyl (C=O) groups is 3. The maximum atomic E-state index is 12.7. The van der Waals surface area contributed by atoms with Crippen molar-refractivity contribution in [3.8, 4) is 0 Å². The Morgan fingerprint density at radius 1 is 0.944 bits per heavy atom. The van der Waals surface area contributed by atoms with Gasteiger partial charge in [0.05, 0.1) is 5.56 Å². The van der Waals surface area contributed by atoms with Crippen molar-refractivity contribution in [1.29, 1.82) is 0 Å². The number of rotatable bonds is 9. The molecular weight excluding hydrogens is 482 g/mol. The predicted octanol–water partition coefficient (Wildman–Crippen LogP) is 2.63. The number of fused-ring (bicyclic) bond motifs is 1. The summed E-state index contributed by atoms with van der Waals surface area (Å²) < 4.78 is 0. The molecule has 2 aromatic heterocycles. The van der Waals surface area contributed by atoms with Gasteiger partial charge in [0.2, 0.25) is 5.95 Å². The lowest BCUT2D eigenvalue weighted by Crippen LogP contribution is -2.47. The number of carbonyl (C=O) groups excluding carboxylic acids is 1. The average molecular weight is 516 g/mol. The number of piperazine rings is 1. The van der Waals surface area contributed by atoms with Gasteiger partial charge in [0, 0.05) is 68.7 Å². The molecule has 0 unspecified atom stereocenters. The molecule has 0 spiro atoms. The molecule has 0 atom stereocenters. The zero-order chi connectivity index (χ0) is 25.8. The van der Waals surface area contributed by atoms with Gasteiger partial charge in [-0.3, -0.25) is 9.69 Å². The Morgan fingerprint density at radius 2 is 1.61 bits per heavy atom. The highest BCUT2D eigenvalue weighted by Crippen LogP contribution is 2.24. The lowest BCUT2D eigenvalue weighted by Gasteiger charge is -2.34. The fraction of sp³-hybridized carbons (Fsp3) is 0.480. The van der Waals surface area contributed by atoms with Crippen LogP contribution >= 0.6 is 11.3 Å². The Bertz CT molecular complexity index is 1000. The van der Waals surface area contributed by atoms with E-state index in [-0.39, 0.29) is 5.91 Å². The normalized spacial score (nSPS) is 16.3. The summed E-state index contributed by atoms with van der Waals surface area (Å²) in [6, 6.07) is 3.86. The summed E-state index contributed by atoms with van der Waals surface area (Å²) in [7, 11) is 0. The maximum absolute atomic E-state index is 12.7. The smallest absolute Gasteiger partial charge is 0.328 e. The molecule has 2 aromatic rings. The second-order valence-electron chi connectivity index (χ2n) is 8.60. The van der Waals surface area contributed by atoms with E-state index in [1.807, 2.05) is 24.5 Å². The number of nitrogens with zero attached hydrogens (tertiary/aromatic N) is 5. The summed E-state index contributed by atoms with van der Waals surface area (Å²) in [5.74, 6) is -1.43. The van der Waals surface area contributed by atoms with Crippen LogP contribution in [0.1, 0.15) is 40.9 Å². The number of hydrogen-bond acceptors (Lipinski definition) is 8. The number of carboxylic acids is 2. The molecule has 36 heavy (non-hydrogen) atoms. The van der Waals surface area contributed by atoms with Gasteiger partial charge in [0.1, 0.15) is 0 Å². The van der Waals surface area contributed by atoms with Crippen LogP contribution in [0.2, 0.25) is 0 Å². The number of anilines is 1. The van der Waals surface area contributed by atoms with Crippen LogP contribution in [0.5, 0.6) is 0 Å². The first kappa shape index (κ1) is 27.3. The van der Waals surface area contributed by atoms with Gasteiger partial charge in [-0.15, -0.1) is 11.3 Å². The largest absolute Gasteiger partial charge is 0.478 e. The number of unbranched alkanes of at least 4 members (excludes halogenated alkanes) is 2. The lowest BCUT2D eigenvalue weighted by atomic mass is 10.2. The van der Waals surface area contributed by atoms with Crippen LogP contribution in [0.3, 0.4) is 0 Å². The summed E-state index contributed by atoms with van der Waals surface area (Å²) in [5, 5.41) is 17.7. The topological polar surface area (TPSA) is 127 Å². The molecule has 0 aromatic carbocycles. The van der Waals surface area contributed by atoms with Crippen molar-refractivity contribution in [1.82, 2.24) is 19.8 Å². The molecule has 11 heteroatoms. The quantitative estimate of drug-likeness (QED) is 0.383. The number of carboxylic acid groups (broad SMARTS) is 2. The number of aliphatic carboxylic acids is 2.